The highest BCUT2D eigenvalue weighted by Gasteiger charge is 2.22. The standard InChI is InChI=1S/C51H31N5S/c1-4-15-32(16-5-1)49-52-50(33-17-6-2-7-18-33)54-51(53-49)34-19-14-22-36(31-34)56-44-26-13-11-24-38(44)40-28-30-42-41-29-27-39-37-23-10-12-25-43(37)55(35-20-8-3-9-21-35)45(39)47(41)57-48(42)46(40)56/h1-31H. The van der Waals surface area contributed by atoms with Crippen LogP contribution >= 0.6 is 11.3 Å². The van der Waals surface area contributed by atoms with Gasteiger partial charge < -0.3 is 9.13 Å². The maximum atomic E-state index is 5.07. The summed E-state index contributed by atoms with van der Waals surface area (Å²) in [5, 5.41) is 7.50. The van der Waals surface area contributed by atoms with Gasteiger partial charge in [0.1, 0.15) is 0 Å². The molecule has 0 N–H and O–H groups in total. The second-order valence-electron chi connectivity index (χ2n) is 14.4. The average molecular weight is 746 g/mol. The minimum atomic E-state index is 0.633. The van der Waals surface area contributed by atoms with Crippen LogP contribution in [0.4, 0.5) is 0 Å². The van der Waals surface area contributed by atoms with Gasteiger partial charge in [-0.15, -0.1) is 11.3 Å². The van der Waals surface area contributed by atoms with Crippen molar-refractivity contribution in [3.63, 3.8) is 0 Å². The molecule has 0 saturated carbocycles. The first-order valence-electron chi connectivity index (χ1n) is 19.1. The van der Waals surface area contributed by atoms with E-state index in [-0.39, 0.29) is 0 Å². The van der Waals surface area contributed by atoms with E-state index in [1.807, 2.05) is 72.0 Å². The maximum absolute atomic E-state index is 5.07. The summed E-state index contributed by atoms with van der Waals surface area (Å²) in [6.45, 7) is 0. The fraction of sp³-hybridized carbons (Fsp3) is 0. The van der Waals surface area contributed by atoms with Crippen molar-refractivity contribution in [3.8, 4) is 45.5 Å². The quantitative estimate of drug-likeness (QED) is 0.176. The van der Waals surface area contributed by atoms with Gasteiger partial charge in [0.05, 0.1) is 31.5 Å². The van der Waals surface area contributed by atoms with E-state index in [0.29, 0.717) is 17.5 Å². The van der Waals surface area contributed by atoms with Crippen molar-refractivity contribution in [2.45, 2.75) is 0 Å². The topological polar surface area (TPSA) is 48.5 Å². The lowest BCUT2D eigenvalue weighted by molar-refractivity contribution is 1.07. The predicted octanol–water partition coefficient (Wildman–Crippen LogP) is 13.4. The minimum absolute atomic E-state index is 0.633. The molecule has 8 aromatic carbocycles. The van der Waals surface area contributed by atoms with Crippen molar-refractivity contribution in [1.29, 1.82) is 0 Å². The molecular formula is C51H31N5S. The lowest BCUT2D eigenvalue weighted by Crippen LogP contribution is -2.01. The number of thiophene rings is 1. The molecule has 0 aliphatic rings. The van der Waals surface area contributed by atoms with Gasteiger partial charge in [0, 0.05) is 60.4 Å². The Kier molecular flexibility index (Phi) is 7.03. The SMILES string of the molecule is c1ccc(-c2nc(-c3ccccc3)nc(-c3cccc(-n4c5ccccc5c5ccc6c7ccc8c9ccccc9n(-c9ccccc9)c8c7sc6c54)c3)n2)cc1. The lowest BCUT2D eigenvalue weighted by atomic mass is 10.1. The van der Waals surface area contributed by atoms with Gasteiger partial charge in [-0.2, -0.15) is 0 Å². The Morgan fingerprint density at radius 3 is 1.26 bits per heavy atom. The van der Waals surface area contributed by atoms with Gasteiger partial charge >= 0.3 is 0 Å². The molecule has 6 heteroatoms. The van der Waals surface area contributed by atoms with Crippen LogP contribution in [0.25, 0.3) is 109 Å². The number of fused-ring (bicyclic) bond motifs is 11. The summed E-state index contributed by atoms with van der Waals surface area (Å²) >= 11 is 1.89. The highest BCUT2D eigenvalue weighted by molar-refractivity contribution is 7.27. The van der Waals surface area contributed by atoms with Crippen LogP contribution in [-0.2, 0) is 0 Å². The van der Waals surface area contributed by atoms with Crippen molar-refractivity contribution < 1.29 is 0 Å². The van der Waals surface area contributed by atoms with Crippen LogP contribution in [0.5, 0.6) is 0 Å². The van der Waals surface area contributed by atoms with E-state index >= 15 is 0 Å². The van der Waals surface area contributed by atoms with Crippen LogP contribution in [0.15, 0.2) is 188 Å². The van der Waals surface area contributed by atoms with Crippen molar-refractivity contribution in [1.82, 2.24) is 24.1 Å². The Hall–Kier alpha value is -7.41. The third kappa shape index (κ3) is 4.91. The molecular weight excluding hydrogens is 715 g/mol. The second kappa shape index (κ2) is 12.6. The first-order valence-corrected chi connectivity index (χ1v) is 19.9. The summed E-state index contributed by atoms with van der Waals surface area (Å²) in [6, 6.07) is 66.5. The zero-order valence-electron chi connectivity index (χ0n) is 30.5. The molecule has 0 radical (unpaired) electrons. The van der Waals surface area contributed by atoms with Crippen LogP contribution in [0, 0.1) is 0 Å². The molecule has 0 fully saturated rings. The molecule has 0 aliphatic heterocycles. The monoisotopic (exact) mass is 745 g/mol. The van der Waals surface area contributed by atoms with E-state index in [1.54, 1.807) is 0 Å². The van der Waals surface area contributed by atoms with Gasteiger partial charge in [0.2, 0.25) is 0 Å². The zero-order valence-corrected chi connectivity index (χ0v) is 31.4. The van der Waals surface area contributed by atoms with Gasteiger partial charge in [-0.3, -0.25) is 0 Å². The molecule has 12 aromatic rings. The molecule has 0 bridgehead atoms. The number of para-hydroxylation sites is 3. The van der Waals surface area contributed by atoms with E-state index in [1.165, 1.54) is 58.3 Å². The molecule has 4 heterocycles. The van der Waals surface area contributed by atoms with Crippen molar-refractivity contribution >= 4 is 75.1 Å². The number of hydrogen-bond donors (Lipinski definition) is 0. The van der Waals surface area contributed by atoms with Crippen LogP contribution < -0.4 is 0 Å². The molecule has 0 saturated heterocycles. The van der Waals surface area contributed by atoms with Crippen molar-refractivity contribution in [2.75, 3.05) is 0 Å². The van der Waals surface area contributed by atoms with Crippen molar-refractivity contribution in [3.05, 3.63) is 188 Å². The molecule has 266 valence electrons. The normalized spacial score (nSPS) is 11.9. The minimum Gasteiger partial charge on any atom is -0.308 e. The van der Waals surface area contributed by atoms with E-state index < -0.39 is 0 Å². The Labute approximate surface area is 331 Å². The van der Waals surface area contributed by atoms with Crippen molar-refractivity contribution in [2.24, 2.45) is 0 Å². The zero-order chi connectivity index (χ0) is 37.5. The summed E-state index contributed by atoms with van der Waals surface area (Å²) < 4.78 is 7.43. The molecule has 57 heavy (non-hydrogen) atoms. The van der Waals surface area contributed by atoms with Gasteiger partial charge in [0.25, 0.3) is 0 Å². The molecule has 0 amide bonds. The van der Waals surface area contributed by atoms with Crippen LogP contribution in [-0.4, -0.2) is 24.1 Å². The highest BCUT2D eigenvalue weighted by atomic mass is 32.1. The molecule has 0 spiro atoms. The third-order valence-corrected chi connectivity index (χ3v) is 12.4. The number of rotatable bonds is 5. The van der Waals surface area contributed by atoms with Gasteiger partial charge in [-0.25, -0.2) is 15.0 Å². The molecule has 12 rings (SSSR count). The lowest BCUT2D eigenvalue weighted by Gasteiger charge is -2.12. The third-order valence-electron chi connectivity index (χ3n) is 11.2. The molecule has 0 aliphatic carbocycles. The highest BCUT2D eigenvalue weighted by Crippen LogP contribution is 2.47. The summed E-state index contributed by atoms with van der Waals surface area (Å²) in [7, 11) is 0. The van der Waals surface area contributed by atoms with Gasteiger partial charge in [-0.05, 0) is 36.4 Å². The fourth-order valence-electron chi connectivity index (χ4n) is 8.62. The summed E-state index contributed by atoms with van der Waals surface area (Å²) in [5.41, 5.74) is 9.85. The summed E-state index contributed by atoms with van der Waals surface area (Å²) in [6.07, 6.45) is 0. The smallest absolute Gasteiger partial charge is 0.164 e. The Balaban J connectivity index is 1.13. The molecule has 5 nitrogen and oxygen atoms in total. The second-order valence-corrected chi connectivity index (χ2v) is 15.4. The van der Waals surface area contributed by atoms with Crippen LogP contribution in [0.2, 0.25) is 0 Å². The largest absolute Gasteiger partial charge is 0.308 e. The van der Waals surface area contributed by atoms with E-state index in [2.05, 4.69) is 137 Å². The average Bonchev–Trinajstić information content (AvgIpc) is 3.95. The Bertz CT molecular complexity index is 3450. The number of nitrogens with zero attached hydrogens (tertiary/aromatic N) is 5. The van der Waals surface area contributed by atoms with E-state index in [9.17, 15) is 0 Å². The fourth-order valence-corrected chi connectivity index (χ4v) is 10.00. The van der Waals surface area contributed by atoms with Gasteiger partial charge in [-0.1, -0.05) is 152 Å². The van der Waals surface area contributed by atoms with Gasteiger partial charge in [0.15, 0.2) is 17.5 Å². The molecule has 0 atom stereocenters. The molecule has 4 aromatic heterocycles. The van der Waals surface area contributed by atoms with Crippen LogP contribution in [0.1, 0.15) is 0 Å². The van der Waals surface area contributed by atoms with Crippen LogP contribution in [0.3, 0.4) is 0 Å². The predicted molar refractivity (Wildman–Crippen MR) is 238 cm³/mol. The van der Waals surface area contributed by atoms with E-state index in [0.717, 1.165) is 33.6 Å². The summed E-state index contributed by atoms with van der Waals surface area (Å²) in [4.78, 5) is 15.1. The first-order chi connectivity index (χ1) is 28.3. The number of hydrogen-bond acceptors (Lipinski definition) is 4. The number of aromatic nitrogens is 5. The number of benzene rings is 8. The molecule has 0 unspecified atom stereocenters. The Morgan fingerprint density at radius 2 is 0.719 bits per heavy atom. The first kappa shape index (κ1) is 31.9. The Morgan fingerprint density at radius 1 is 0.316 bits per heavy atom. The maximum Gasteiger partial charge on any atom is 0.164 e. The summed E-state index contributed by atoms with van der Waals surface area (Å²) in [5.74, 6) is 1.93. The van der Waals surface area contributed by atoms with E-state index in [4.69, 9.17) is 15.0 Å².